The minimum absolute atomic E-state index is 0.155. The number of ether oxygens (including phenoxy) is 2. The van der Waals surface area contributed by atoms with Crippen LogP contribution in [-0.2, 0) is 24.3 Å². The number of benzene rings is 1. The van der Waals surface area contributed by atoms with Crippen molar-refractivity contribution >= 4 is 21.6 Å². The maximum absolute atomic E-state index is 13.6. The number of nitrogens with one attached hydrogen (secondary N) is 1. The van der Waals surface area contributed by atoms with Crippen molar-refractivity contribution < 1.29 is 27.1 Å². The summed E-state index contributed by atoms with van der Waals surface area (Å²) in [7, 11) is -2.49. The number of hydrogen-bond acceptors (Lipinski definition) is 5. The lowest BCUT2D eigenvalue weighted by atomic mass is 10.3. The highest BCUT2D eigenvalue weighted by Crippen LogP contribution is 2.18. The number of primary sulfonamides is 1. The second-order valence-corrected chi connectivity index (χ2v) is 5.34. The van der Waals surface area contributed by atoms with Gasteiger partial charge in [0, 0.05) is 7.11 Å². The molecular weight excluding hydrogens is 291 g/mol. The number of methoxy groups -OCH3 is 1. The van der Waals surface area contributed by atoms with E-state index < -0.39 is 21.7 Å². The maximum atomic E-state index is 13.6. The van der Waals surface area contributed by atoms with Gasteiger partial charge in [-0.3, -0.25) is 4.79 Å². The van der Waals surface area contributed by atoms with Crippen LogP contribution in [0.1, 0.15) is 0 Å². The van der Waals surface area contributed by atoms with E-state index in [1.54, 1.807) is 0 Å². The van der Waals surface area contributed by atoms with Crippen LogP contribution in [0.2, 0.25) is 0 Å². The van der Waals surface area contributed by atoms with E-state index in [1.165, 1.54) is 7.11 Å². The molecule has 7 nitrogen and oxygen atoms in total. The molecular formula is C11H15FN2O5S. The summed E-state index contributed by atoms with van der Waals surface area (Å²) in [4.78, 5) is 11.1. The second-order valence-electron chi connectivity index (χ2n) is 3.78. The van der Waals surface area contributed by atoms with Crippen molar-refractivity contribution in [3.05, 3.63) is 24.0 Å². The summed E-state index contributed by atoms with van der Waals surface area (Å²) in [6.45, 7) is 0.307. The molecule has 0 radical (unpaired) electrons. The molecule has 0 saturated carbocycles. The third kappa shape index (κ3) is 5.21. The predicted molar refractivity (Wildman–Crippen MR) is 69.1 cm³/mol. The molecule has 0 spiro atoms. The summed E-state index contributed by atoms with van der Waals surface area (Å²) in [5, 5.41) is 7.11. The molecule has 1 amide bonds. The van der Waals surface area contributed by atoms with E-state index in [1.807, 2.05) is 0 Å². The highest BCUT2D eigenvalue weighted by atomic mass is 32.2. The zero-order chi connectivity index (χ0) is 15.2. The molecule has 0 aromatic heterocycles. The highest BCUT2D eigenvalue weighted by Gasteiger charge is 2.13. The van der Waals surface area contributed by atoms with Crippen LogP contribution in [-0.4, -0.2) is 41.3 Å². The first-order valence-corrected chi connectivity index (χ1v) is 7.08. The summed E-state index contributed by atoms with van der Waals surface area (Å²) < 4.78 is 45.3. The largest absolute Gasteiger partial charge is 0.382 e. The number of sulfonamides is 1. The molecule has 0 atom stereocenters. The molecule has 20 heavy (non-hydrogen) atoms. The third-order valence-corrected chi connectivity index (χ3v) is 3.12. The van der Waals surface area contributed by atoms with Crippen LogP contribution in [0.4, 0.5) is 10.1 Å². The number of rotatable bonds is 7. The van der Waals surface area contributed by atoms with Gasteiger partial charge in [-0.05, 0) is 18.2 Å². The van der Waals surface area contributed by atoms with Gasteiger partial charge < -0.3 is 14.8 Å². The Bertz CT molecular complexity index is 576. The summed E-state index contributed by atoms with van der Waals surface area (Å²) in [5.41, 5.74) is -0.155. The highest BCUT2D eigenvalue weighted by molar-refractivity contribution is 7.89. The lowest BCUT2D eigenvalue weighted by Gasteiger charge is -2.08. The first-order valence-electron chi connectivity index (χ1n) is 5.53. The Morgan fingerprint density at radius 1 is 1.40 bits per heavy atom. The van der Waals surface area contributed by atoms with E-state index in [-0.39, 0.29) is 23.8 Å². The van der Waals surface area contributed by atoms with Gasteiger partial charge in [0.1, 0.15) is 12.4 Å². The van der Waals surface area contributed by atoms with Crippen molar-refractivity contribution in [1.82, 2.24) is 0 Å². The van der Waals surface area contributed by atoms with E-state index in [4.69, 9.17) is 14.6 Å². The first-order chi connectivity index (χ1) is 9.34. The molecule has 0 unspecified atom stereocenters. The lowest BCUT2D eigenvalue weighted by Crippen LogP contribution is -2.20. The number of carbonyl (C=O) groups excluding carboxylic acids is 1. The molecule has 0 bridgehead atoms. The van der Waals surface area contributed by atoms with Gasteiger partial charge in [0.2, 0.25) is 15.9 Å². The molecule has 3 N–H and O–H groups in total. The van der Waals surface area contributed by atoms with E-state index in [0.717, 1.165) is 18.2 Å². The number of halogens is 1. The fourth-order valence-electron chi connectivity index (χ4n) is 1.27. The summed E-state index contributed by atoms with van der Waals surface area (Å²) >= 11 is 0. The minimum atomic E-state index is -3.98. The van der Waals surface area contributed by atoms with E-state index in [0.29, 0.717) is 6.61 Å². The van der Waals surface area contributed by atoms with Crippen LogP contribution >= 0.6 is 0 Å². The van der Waals surface area contributed by atoms with Crippen molar-refractivity contribution in [3.8, 4) is 0 Å². The zero-order valence-electron chi connectivity index (χ0n) is 10.8. The lowest BCUT2D eigenvalue weighted by molar-refractivity contribution is -0.121. The van der Waals surface area contributed by atoms with Crippen molar-refractivity contribution in [2.24, 2.45) is 5.14 Å². The Labute approximate surface area is 115 Å². The van der Waals surface area contributed by atoms with Gasteiger partial charge in [0.25, 0.3) is 0 Å². The number of nitrogens with two attached hydrogens (primary N) is 1. The fraction of sp³-hybridized carbons (Fsp3) is 0.364. The van der Waals surface area contributed by atoms with Crippen molar-refractivity contribution in [3.63, 3.8) is 0 Å². The molecule has 0 aliphatic carbocycles. The number of hydrogen-bond donors (Lipinski definition) is 2. The van der Waals surface area contributed by atoms with Gasteiger partial charge in [-0.1, -0.05) is 0 Å². The smallest absolute Gasteiger partial charge is 0.250 e. The molecule has 0 aliphatic rings. The second kappa shape index (κ2) is 7.29. The summed E-state index contributed by atoms with van der Waals surface area (Å²) in [5.74, 6) is -1.47. The van der Waals surface area contributed by atoms with Gasteiger partial charge in [-0.15, -0.1) is 0 Å². The Morgan fingerprint density at radius 2 is 2.10 bits per heavy atom. The van der Waals surface area contributed by atoms with Gasteiger partial charge in [0.15, 0.2) is 0 Å². The molecule has 1 rings (SSSR count). The van der Waals surface area contributed by atoms with Crippen LogP contribution in [0.15, 0.2) is 23.1 Å². The third-order valence-electron chi connectivity index (χ3n) is 2.21. The molecule has 0 heterocycles. The van der Waals surface area contributed by atoms with Crippen molar-refractivity contribution in [1.29, 1.82) is 0 Å². The molecule has 1 aromatic carbocycles. The van der Waals surface area contributed by atoms with Crippen LogP contribution < -0.4 is 10.5 Å². The van der Waals surface area contributed by atoms with Crippen LogP contribution in [0.3, 0.4) is 0 Å². The van der Waals surface area contributed by atoms with Crippen molar-refractivity contribution in [2.75, 3.05) is 32.2 Å². The molecule has 0 fully saturated rings. The Balaban J connectivity index is 2.63. The zero-order valence-corrected chi connectivity index (χ0v) is 11.6. The predicted octanol–water partition coefficient (Wildman–Crippen LogP) is 0.0746. The van der Waals surface area contributed by atoms with Gasteiger partial charge in [-0.2, -0.15) is 0 Å². The summed E-state index contributed by atoms with van der Waals surface area (Å²) in [6.07, 6.45) is 0. The van der Waals surface area contributed by atoms with Crippen LogP contribution in [0.5, 0.6) is 0 Å². The van der Waals surface area contributed by atoms with Gasteiger partial charge >= 0.3 is 0 Å². The topological polar surface area (TPSA) is 108 Å². The van der Waals surface area contributed by atoms with E-state index >= 15 is 0 Å². The average Bonchev–Trinajstić information content (AvgIpc) is 2.36. The number of carbonyl (C=O) groups is 1. The Kier molecular flexibility index (Phi) is 6.02. The van der Waals surface area contributed by atoms with E-state index in [2.05, 4.69) is 5.32 Å². The SMILES string of the molecule is COCCOCC(=O)Nc1ccc(S(N)(=O)=O)cc1F. The molecule has 112 valence electrons. The monoisotopic (exact) mass is 306 g/mol. The van der Waals surface area contributed by atoms with Crippen LogP contribution in [0, 0.1) is 5.82 Å². The van der Waals surface area contributed by atoms with E-state index in [9.17, 15) is 17.6 Å². The average molecular weight is 306 g/mol. The normalized spacial score (nSPS) is 11.3. The Hall–Kier alpha value is -1.55. The first kappa shape index (κ1) is 16.5. The minimum Gasteiger partial charge on any atom is -0.382 e. The number of amides is 1. The molecule has 9 heteroatoms. The number of anilines is 1. The maximum Gasteiger partial charge on any atom is 0.250 e. The molecule has 1 aromatic rings. The quantitative estimate of drug-likeness (QED) is 0.693. The van der Waals surface area contributed by atoms with Crippen molar-refractivity contribution in [2.45, 2.75) is 4.90 Å². The standard InChI is InChI=1S/C11H15FN2O5S/c1-18-4-5-19-7-11(15)14-10-3-2-8(6-9(10)12)20(13,16)17/h2-3,6H,4-5,7H2,1H3,(H,14,15)(H2,13,16,17). The summed E-state index contributed by atoms with van der Waals surface area (Å²) in [6, 6.07) is 2.94. The van der Waals surface area contributed by atoms with Gasteiger partial charge in [-0.25, -0.2) is 17.9 Å². The Morgan fingerprint density at radius 3 is 2.65 bits per heavy atom. The molecule has 0 saturated heterocycles. The molecule has 0 aliphatic heterocycles. The fourth-order valence-corrected chi connectivity index (χ4v) is 1.79. The van der Waals surface area contributed by atoms with Gasteiger partial charge in [0.05, 0.1) is 23.8 Å². The van der Waals surface area contributed by atoms with Crippen LogP contribution in [0.25, 0.3) is 0 Å².